The van der Waals surface area contributed by atoms with Gasteiger partial charge in [-0.1, -0.05) is 0 Å². The minimum absolute atomic E-state index is 0.476. The molecule has 0 aromatic carbocycles. The van der Waals surface area contributed by atoms with Crippen LogP contribution in [0.25, 0.3) is 0 Å². The average Bonchev–Trinajstić information content (AvgIpc) is 2.24. The Bertz CT molecular complexity index is 202. The third-order valence-corrected chi connectivity index (χ3v) is 4.19. The second-order valence-electron chi connectivity index (χ2n) is 4.97. The van der Waals surface area contributed by atoms with E-state index in [0.717, 1.165) is 25.7 Å². The Morgan fingerprint density at radius 1 is 1.14 bits per heavy atom. The van der Waals surface area contributed by atoms with Gasteiger partial charge in [-0.3, -0.25) is 4.79 Å². The van der Waals surface area contributed by atoms with E-state index in [4.69, 9.17) is 4.74 Å². The fraction of sp³-hybridized carbons (Fsp3) is 0.917. The molecular formula is C12H20O2. The zero-order valence-corrected chi connectivity index (χ0v) is 9.05. The second-order valence-corrected chi connectivity index (χ2v) is 4.97. The highest BCUT2D eigenvalue weighted by Crippen LogP contribution is 2.46. The summed E-state index contributed by atoms with van der Waals surface area (Å²) in [6, 6.07) is 0. The Balaban J connectivity index is 1.89. The maximum absolute atomic E-state index is 11.2. The standard InChI is InChI=1S/C12H20O2/c1-14-11-4-8-12(9-5-11)6-2-10(13)3-7-12/h11H,2-9H2,1H3. The Hall–Kier alpha value is -0.370. The predicted molar refractivity (Wildman–Crippen MR) is 55.2 cm³/mol. The molecule has 0 bridgehead atoms. The summed E-state index contributed by atoms with van der Waals surface area (Å²) in [5.41, 5.74) is 0.517. The summed E-state index contributed by atoms with van der Waals surface area (Å²) in [4.78, 5) is 11.2. The SMILES string of the molecule is COC1CCC2(CCC(=O)CC2)CC1. The van der Waals surface area contributed by atoms with Crippen molar-refractivity contribution in [3.8, 4) is 0 Å². The average molecular weight is 196 g/mol. The van der Waals surface area contributed by atoms with Crippen molar-refractivity contribution in [2.45, 2.75) is 57.5 Å². The molecule has 2 heteroatoms. The Morgan fingerprint density at radius 3 is 2.21 bits per heavy atom. The largest absolute Gasteiger partial charge is 0.381 e. The number of hydrogen-bond donors (Lipinski definition) is 0. The van der Waals surface area contributed by atoms with E-state index in [2.05, 4.69) is 0 Å². The van der Waals surface area contributed by atoms with Gasteiger partial charge in [0.2, 0.25) is 0 Å². The van der Waals surface area contributed by atoms with Gasteiger partial charge in [-0.15, -0.1) is 0 Å². The first-order chi connectivity index (χ1) is 6.74. The highest BCUT2D eigenvalue weighted by molar-refractivity contribution is 5.79. The van der Waals surface area contributed by atoms with Crippen LogP contribution in [0.5, 0.6) is 0 Å². The van der Waals surface area contributed by atoms with Crippen molar-refractivity contribution in [1.29, 1.82) is 0 Å². The van der Waals surface area contributed by atoms with Gasteiger partial charge >= 0.3 is 0 Å². The zero-order valence-electron chi connectivity index (χ0n) is 9.05. The molecule has 2 aliphatic rings. The monoisotopic (exact) mass is 196 g/mol. The summed E-state index contributed by atoms with van der Waals surface area (Å²) in [5.74, 6) is 0.476. The predicted octanol–water partition coefficient (Wildman–Crippen LogP) is 2.70. The first-order valence-corrected chi connectivity index (χ1v) is 5.79. The van der Waals surface area contributed by atoms with Crippen LogP contribution in [-0.2, 0) is 9.53 Å². The van der Waals surface area contributed by atoms with Gasteiger partial charge in [0.05, 0.1) is 6.10 Å². The maximum atomic E-state index is 11.2. The quantitative estimate of drug-likeness (QED) is 0.644. The molecule has 14 heavy (non-hydrogen) atoms. The molecule has 0 saturated heterocycles. The summed E-state index contributed by atoms with van der Waals surface area (Å²) < 4.78 is 5.38. The molecule has 0 atom stereocenters. The van der Waals surface area contributed by atoms with Gasteiger partial charge in [-0.05, 0) is 43.9 Å². The molecule has 2 rings (SSSR count). The second kappa shape index (κ2) is 4.01. The van der Waals surface area contributed by atoms with Crippen LogP contribution in [0, 0.1) is 5.41 Å². The van der Waals surface area contributed by atoms with E-state index in [1.807, 2.05) is 7.11 Å². The fourth-order valence-electron chi connectivity index (χ4n) is 3.00. The van der Waals surface area contributed by atoms with Crippen LogP contribution in [0.3, 0.4) is 0 Å². The van der Waals surface area contributed by atoms with Crippen molar-refractivity contribution in [3.63, 3.8) is 0 Å². The summed E-state index contributed by atoms with van der Waals surface area (Å²) in [6.45, 7) is 0. The van der Waals surface area contributed by atoms with Gasteiger partial charge < -0.3 is 4.74 Å². The highest BCUT2D eigenvalue weighted by atomic mass is 16.5. The molecule has 0 radical (unpaired) electrons. The van der Waals surface area contributed by atoms with Crippen LogP contribution < -0.4 is 0 Å². The van der Waals surface area contributed by atoms with Crippen LogP contribution in [0.4, 0.5) is 0 Å². The van der Waals surface area contributed by atoms with E-state index in [0.29, 0.717) is 17.3 Å². The van der Waals surface area contributed by atoms with E-state index >= 15 is 0 Å². The lowest BCUT2D eigenvalue weighted by atomic mass is 9.65. The minimum Gasteiger partial charge on any atom is -0.381 e. The van der Waals surface area contributed by atoms with Crippen LogP contribution in [0.15, 0.2) is 0 Å². The molecule has 2 fully saturated rings. The van der Waals surface area contributed by atoms with Crippen LogP contribution in [-0.4, -0.2) is 19.0 Å². The Labute approximate surface area is 86.0 Å². The molecule has 0 N–H and O–H groups in total. The summed E-state index contributed by atoms with van der Waals surface area (Å²) in [6.07, 6.45) is 9.38. The lowest BCUT2D eigenvalue weighted by Gasteiger charge is -2.42. The number of ether oxygens (including phenoxy) is 1. The third kappa shape index (κ3) is 2.00. The van der Waals surface area contributed by atoms with Crippen molar-refractivity contribution in [2.75, 3.05) is 7.11 Å². The normalized spacial score (nSPS) is 28.2. The molecule has 0 heterocycles. The van der Waals surface area contributed by atoms with Gasteiger partial charge in [0.15, 0.2) is 0 Å². The zero-order chi connectivity index (χ0) is 10.0. The van der Waals surface area contributed by atoms with Crippen molar-refractivity contribution >= 4 is 5.78 Å². The fourth-order valence-corrected chi connectivity index (χ4v) is 3.00. The van der Waals surface area contributed by atoms with Crippen LogP contribution >= 0.6 is 0 Å². The molecule has 0 aliphatic heterocycles. The summed E-state index contributed by atoms with van der Waals surface area (Å²) in [5, 5.41) is 0. The van der Waals surface area contributed by atoms with E-state index in [9.17, 15) is 4.79 Å². The van der Waals surface area contributed by atoms with Gasteiger partial charge in [-0.2, -0.15) is 0 Å². The number of methoxy groups -OCH3 is 1. The molecule has 2 nitrogen and oxygen atoms in total. The molecule has 80 valence electrons. The molecule has 1 spiro atoms. The van der Waals surface area contributed by atoms with Gasteiger partial charge in [0.25, 0.3) is 0 Å². The van der Waals surface area contributed by atoms with E-state index in [-0.39, 0.29) is 0 Å². The molecule has 0 aromatic heterocycles. The van der Waals surface area contributed by atoms with Crippen molar-refractivity contribution in [3.05, 3.63) is 0 Å². The Kier molecular flexibility index (Phi) is 2.91. The number of Topliss-reactive ketones (excluding diaryl/α,β-unsaturated/α-hetero) is 1. The number of ketones is 1. The van der Waals surface area contributed by atoms with Crippen molar-refractivity contribution in [1.82, 2.24) is 0 Å². The molecule has 0 unspecified atom stereocenters. The lowest BCUT2D eigenvalue weighted by molar-refractivity contribution is -0.123. The first kappa shape index (κ1) is 10.2. The minimum atomic E-state index is 0.476. The topological polar surface area (TPSA) is 26.3 Å². The van der Waals surface area contributed by atoms with Crippen molar-refractivity contribution in [2.24, 2.45) is 5.41 Å². The van der Waals surface area contributed by atoms with Crippen LogP contribution in [0.2, 0.25) is 0 Å². The van der Waals surface area contributed by atoms with Crippen molar-refractivity contribution < 1.29 is 9.53 Å². The molecule has 0 aromatic rings. The lowest BCUT2D eigenvalue weighted by Crippen LogP contribution is -2.34. The maximum Gasteiger partial charge on any atom is 0.132 e. The highest BCUT2D eigenvalue weighted by Gasteiger charge is 2.37. The van der Waals surface area contributed by atoms with E-state index < -0.39 is 0 Å². The molecule has 0 amide bonds. The van der Waals surface area contributed by atoms with Gasteiger partial charge in [0.1, 0.15) is 5.78 Å². The van der Waals surface area contributed by atoms with E-state index in [1.165, 1.54) is 25.7 Å². The smallest absolute Gasteiger partial charge is 0.132 e. The molecule has 2 aliphatic carbocycles. The first-order valence-electron chi connectivity index (χ1n) is 5.79. The molecule has 2 saturated carbocycles. The number of hydrogen-bond acceptors (Lipinski definition) is 2. The van der Waals surface area contributed by atoms with Crippen LogP contribution in [0.1, 0.15) is 51.4 Å². The van der Waals surface area contributed by atoms with Gasteiger partial charge in [0, 0.05) is 20.0 Å². The number of rotatable bonds is 1. The third-order valence-electron chi connectivity index (χ3n) is 4.19. The number of carbonyl (C=O) groups excluding carboxylic acids is 1. The number of carbonyl (C=O) groups is 1. The summed E-state index contributed by atoms with van der Waals surface area (Å²) >= 11 is 0. The molecular weight excluding hydrogens is 176 g/mol. The van der Waals surface area contributed by atoms with Gasteiger partial charge in [-0.25, -0.2) is 0 Å². The van der Waals surface area contributed by atoms with E-state index in [1.54, 1.807) is 0 Å². The summed E-state index contributed by atoms with van der Waals surface area (Å²) in [7, 11) is 1.81. The Morgan fingerprint density at radius 2 is 1.71 bits per heavy atom.